The topological polar surface area (TPSA) is 105 Å². The van der Waals surface area contributed by atoms with Gasteiger partial charge in [-0.05, 0) is 43.3 Å². The monoisotopic (exact) mass is 377 g/mol. The molecule has 2 aromatic carbocycles. The number of carboxylic acids is 1. The third-order valence-electron chi connectivity index (χ3n) is 3.13. The third-order valence-corrected chi connectivity index (χ3v) is 4.39. The van der Waals surface area contributed by atoms with Crippen LogP contribution < -0.4 is 10.6 Å². The van der Waals surface area contributed by atoms with Crippen LogP contribution in [-0.2, 0) is 4.79 Å². The molecule has 0 aliphatic rings. The van der Waals surface area contributed by atoms with Crippen LogP contribution in [0.4, 0.5) is 22.7 Å². The Hall–Kier alpha value is -2.65. The Bertz CT molecular complexity index is 779. The van der Waals surface area contributed by atoms with E-state index in [0.29, 0.717) is 4.32 Å². The van der Waals surface area contributed by atoms with Crippen molar-refractivity contribution in [3.05, 3.63) is 58.6 Å². The number of hydrogen-bond acceptors (Lipinski definition) is 6. The van der Waals surface area contributed by atoms with E-state index in [1.807, 2.05) is 12.1 Å². The van der Waals surface area contributed by atoms with Gasteiger partial charge in [0.2, 0.25) is 0 Å². The van der Waals surface area contributed by atoms with Crippen molar-refractivity contribution in [3.8, 4) is 0 Å². The Morgan fingerprint density at radius 2 is 1.60 bits per heavy atom. The summed E-state index contributed by atoms with van der Waals surface area (Å²) in [4.78, 5) is 21.0. The number of aliphatic carboxylic acids is 1. The van der Waals surface area contributed by atoms with E-state index in [1.54, 1.807) is 31.2 Å². The number of carbonyl (C=O) groups is 1. The molecule has 2 aromatic rings. The van der Waals surface area contributed by atoms with Crippen LogP contribution in [-0.4, -0.2) is 25.6 Å². The molecular weight excluding hydrogens is 362 g/mol. The second-order valence-electron chi connectivity index (χ2n) is 5.02. The average molecular weight is 377 g/mol. The highest BCUT2D eigenvalue weighted by Gasteiger charge is 2.14. The zero-order valence-electron chi connectivity index (χ0n) is 13.1. The number of benzene rings is 2. The Labute approximate surface area is 153 Å². The molecule has 0 spiro atoms. The summed E-state index contributed by atoms with van der Waals surface area (Å²) >= 11 is 6.18. The van der Waals surface area contributed by atoms with Crippen LogP contribution >= 0.6 is 24.0 Å². The van der Waals surface area contributed by atoms with E-state index in [9.17, 15) is 14.9 Å². The van der Waals surface area contributed by atoms with Crippen LogP contribution in [0.25, 0.3) is 0 Å². The number of rotatable bonds is 6. The van der Waals surface area contributed by atoms with E-state index >= 15 is 0 Å². The molecule has 1 atom stereocenters. The fourth-order valence-electron chi connectivity index (χ4n) is 1.83. The van der Waals surface area contributed by atoms with Gasteiger partial charge in [0.15, 0.2) is 0 Å². The zero-order valence-corrected chi connectivity index (χ0v) is 14.8. The minimum Gasteiger partial charge on any atom is -0.480 e. The maximum Gasteiger partial charge on any atom is 0.316 e. The molecule has 0 radical (unpaired) electrons. The van der Waals surface area contributed by atoms with Gasteiger partial charge in [0.05, 0.1) is 4.92 Å². The Kier molecular flexibility index (Phi) is 6.31. The predicted molar refractivity (Wildman–Crippen MR) is 104 cm³/mol. The van der Waals surface area contributed by atoms with Gasteiger partial charge in [-0.15, -0.1) is 0 Å². The molecule has 0 aliphatic heterocycles. The first-order chi connectivity index (χ1) is 11.8. The first kappa shape index (κ1) is 18.7. The Morgan fingerprint density at radius 1 is 1.12 bits per heavy atom. The molecule has 0 heterocycles. The number of nitro groups is 1. The van der Waals surface area contributed by atoms with Gasteiger partial charge in [-0.1, -0.05) is 24.0 Å². The van der Waals surface area contributed by atoms with Gasteiger partial charge >= 0.3 is 5.97 Å². The second kappa shape index (κ2) is 8.45. The first-order valence-electron chi connectivity index (χ1n) is 7.17. The smallest absolute Gasteiger partial charge is 0.316 e. The van der Waals surface area contributed by atoms with Crippen molar-refractivity contribution in [2.45, 2.75) is 12.2 Å². The van der Waals surface area contributed by atoms with Crippen LogP contribution in [0.2, 0.25) is 0 Å². The zero-order chi connectivity index (χ0) is 18.4. The Balaban J connectivity index is 1.94. The largest absolute Gasteiger partial charge is 0.480 e. The molecule has 0 bridgehead atoms. The minimum absolute atomic E-state index is 0.0340. The van der Waals surface area contributed by atoms with Gasteiger partial charge in [-0.25, -0.2) is 0 Å². The summed E-state index contributed by atoms with van der Waals surface area (Å²) in [6.07, 6.45) is 0. The summed E-state index contributed by atoms with van der Waals surface area (Å²) in [5.41, 5.74) is 2.31. The average Bonchev–Trinajstić information content (AvgIpc) is 2.57. The van der Waals surface area contributed by atoms with Crippen molar-refractivity contribution < 1.29 is 14.8 Å². The van der Waals surface area contributed by atoms with Gasteiger partial charge in [0.25, 0.3) is 5.69 Å². The van der Waals surface area contributed by atoms with Crippen molar-refractivity contribution in [1.82, 2.24) is 0 Å². The summed E-state index contributed by atoms with van der Waals surface area (Å²) in [7, 11) is 0. The van der Waals surface area contributed by atoms with Crippen molar-refractivity contribution in [2.24, 2.45) is 0 Å². The highest BCUT2D eigenvalue weighted by Crippen LogP contribution is 2.22. The van der Waals surface area contributed by atoms with Crippen molar-refractivity contribution >= 4 is 57.0 Å². The lowest BCUT2D eigenvalue weighted by Gasteiger charge is -2.11. The lowest BCUT2D eigenvalue weighted by molar-refractivity contribution is -0.384. The van der Waals surface area contributed by atoms with Crippen molar-refractivity contribution in [1.29, 1.82) is 0 Å². The molecule has 3 N–H and O–H groups in total. The normalized spacial score (nSPS) is 11.4. The predicted octanol–water partition coefficient (Wildman–Crippen LogP) is 4.24. The fraction of sp³-hybridized carbons (Fsp3) is 0.125. The third kappa shape index (κ3) is 5.73. The second-order valence-corrected chi connectivity index (χ2v) is 7.03. The minimum atomic E-state index is -0.920. The number of hydrogen-bond donors (Lipinski definition) is 3. The molecule has 0 aromatic heterocycles. The van der Waals surface area contributed by atoms with Crippen molar-refractivity contribution in [2.75, 3.05) is 10.6 Å². The van der Waals surface area contributed by atoms with E-state index in [2.05, 4.69) is 10.6 Å². The molecule has 25 heavy (non-hydrogen) atoms. The standard InChI is InChI=1S/C16H15N3O4S2/c1-10(15(20)21)25-16(24)18-13-4-2-11(3-5-13)17-12-6-8-14(9-7-12)19(22)23/h2-10,17H,1H3,(H,18,24)(H,20,21). The lowest BCUT2D eigenvalue weighted by atomic mass is 10.2. The number of nitrogens with zero attached hydrogens (tertiary/aromatic N) is 1. The summed E-state index contributed by atoms with van der Waals surface area (Å²) in [6, 6.07) is 13.3. The number of thioether (sulfide) groups is 1. The molecule has 7 nitrogen and oxygen atoms in total. The molecule has 0 saturated carbocycles. The number of non-ortho nitro benzene ring substituents is 1. The molecule has 1 unspecified atom stereocenters. The van der Waals surface area contributed by atoms with Crippen LogP contribution in [0.15, 0.2) is 48.5 Å². The highest BCUT2D eigenvalue weighted by molar-refractivity contribution is 8.24. The van der Waals surface area contributed by atoms with Gasteiger partial charge in [-0.3, -0.25) is 14.9 Å². The highest BCUT2D eigenvalue weighted by atomic mass is 32.2. The van der Waals surface area contributed by atoms with Gasteiger partial charge in [0.1, 0.15) is 9.57 Å². The molecule has 0 saturated heterocycles. The van der Waals surface area contributed by atoms with Crippen LogP contribution in [0.5, 0.6) is 0 Å². The number of anilines is 3. The van der Waals surface area contributed by atoms with E-state index in [0.717, 1.165) is 28.8 Å². The van der Waals surface area contributed by atoms with E-state index in [1.165, 1.54) is 12.1 Å². The van der Waals surface area contributed by atoms with E-state index < -0.39 is 16.1 Å². The molecule has 0 amide bonds. The van der Waals surface area contributed by atoms with Crippen molar-refractivity contribution in [3.63, 3.8) is 0 Å². The van der Waals surface area contributed by atoms with E-state index in [-0.39, 0.29) is 5.69 Å². The van der Waals surface area contributed by atoms with Gasteiger partial charge in [-0.2, -0.15) is 0 Å². The number of carboxylic acid groups (broad SMARTS) is 1. The number of nitro benzene ring substituents is 1. The molecule has 9 heteroatoms. The molecular formula is C16H15N3O4S2. The molecule has 0 fully saturated rings. The molecule has 130 valence electrons. The quantitative estimate of drug-likeness (QED) is 0.390. The maximum absolute atomic E-state index is 10.8. The van der Waals surface area contributed by atoms with E-state index in [4.69, 9.17) is 17.3 Å². The summed E-state index contributed by atoms with van der Waals surface area (Å²) < 4.78 is 0.381. The van der Waals surface area contributed by atoms with Gasteiger partial charge < -0.3 is 15.7 Å². The molecule has 0 aliphatic carbocycles. The Morgan fingerprint density at radius 3 is 2.08 bits per heavy atom. The fourth-order valence-corrected chi connectivity index (χ4v) is 2.98. The summed E-state index contributed by atoms with van der Waals surface area (Å²) in [5, 5.41) is 25.0. The SMILES string of the molecule is CC(SC(=S)Nc1ccc(Nc2ccc([N+](=O)[O-])cc2)cc1)C(=O)O. The lowest BCUT2D eigenvalue weighted by Crippen LogP contribution is -2.17. The van der Waals surface area contributed by atoms with Crippen LogP contribution in [0.3, 0.4) is 0 Å². The maximum atomic E-state index is 10.8. The van der Waals surface area contributed by atoms with Crippen LogP contribution in [0.1, 0.15) is 6.92 Å². The van der Waals surface area contributed by atoms with Crippen LogP contribution in [0, 0.1) is 10.1 Å². The summed E-state index contributed by atoms with van der Waals surface area (Å²) in [6.45, 7) is 1.57. The summed E-state index contributed by atoms with van der Waals surface area (Å²) in [5.74, 6) is -0.920. The van der Waals surface area contributed by atoms with Gasteiger partial charge in [0, 0.05) is 29.2 Å². The first-order valence-corrected chi connectivity index (χ1v) is 8.46. The molecule has 2 rings (SSSR count). The number of nitrogens with one attached hydrogen (secondary N) is 2. The number of thiocarbonyl (C=S) groups is 1.